The van der Waals surface area contributed by atoms with Gasteiger partial charge in [-0.15, -0.1) is 10.2 Å². The molecule has 0 saturated carbocycles. The maximum Gasteiger partial charge on any atom is 0.250 e. The Labute approximate surface area is 164 Å². The van der Waals surface area contributed by atoms with Crippen molar-refractivity contribution in [3.05, 3.63) is 72.3 Å². The Balaban J connectivity index is 1.46. The fourth-order valence-corrected chi connectivity index (χ4v) is 3.60. The fourth-order valence-electron chi connectivity index (χ4n) is 2.05. The number of rotatable bonds is 7. The average Bonchev–Trinajstić information content (AvgIpc) is 3.14. The number of carbonyl (C=O) groups excluding carboxylic acids is 2. The summed E-state index contributed by atoms with van der Waals surface area (Å²) >= 11 is 2.50. The van der Waals surface area contributed by atoms with Crippen molar-refractivity contribution in [3.8, 4) is 0 Å². The van der Waals surface area contributed by atoms with Gasteiger partial charge in [-0.05, 0) is 23.8 Å². The minimum atomic E-state index is -0.284. The summed E-state index contributed by atoms with van der Waals surface area (Å²) in [6, 6.07) is 18.8. The lowest BCUT2D eigenvalue weighted by Gasteiger charge is -2.02. The number of benzene rings is 2. The van der Waals surface area contributed by atoms with E-state index in [9.17, 15) is 9.59 Å². The van der Waals surface area contributed by atoms with Crippen molar-refractivity contribution in [1.82, 2.24) is 10.2 Å². The first-order chi connectivity index (χ1) is 13.2. The zero-order chi connectivity index (χ0) is 18.9. The van der Waals surface area contributed by atoms with E-state index in [1.54, 1.807) is 6.08 Å². The minimum absolute atomic E-state index is 0.127. The van der Waals surface area contributed by atoms with Crippen LogP contribution in [0.25, 0.3) is 6.08 Å². The van der Waals surface area contributed by atoms with Gasteiger partial charge in [-0.25, -0.2) is 0 Å². The lowest BCUT2D eigenvalue weighted by atomic mass is 10.2. The van der Waals surface area contributed by atoms with Gasteiger partial charge in [-0.1, -0.05) is 71.6 Å². The Morgan fingerprint density at radius 1 is 0.963 bits per heavy atom. The minimum Gasteiger partial charge on any atom is -0.325 e. The Hall–Kier alpha value is -2.97. The molecule has 2 amide bonds. The van der Waals surface area contributed by atoms with Crippen LogP contribution in [-0.2, 0) is 9.59 Å². The SMILES string of the molecule is O=C(C=Cc1ccccc1)Nc1nnc(SCC(=O)Nc2ccccc2)s1. The van der Waals surface area contributed by atoms with E-state index in [0.29, 0.717) is 9.47 Å². The average molecular weight is 396 g/mol. The predicted molar refractivity (Wildman–Crippen MR) is 110 cm³/mol. The standard InChI is InChI=1S/C19H16N4O2S2/c24-16(12-11-14-7-3-1-4-8-14)21-18-22-23-19(27-18)26-13-17(25)20-15-9-5-2-6-10-15/h1-12H,13H2,(H,20,25)(H,21,22,24). The second-order valence-electron chi connectivity index (χ2n) is 5.31. The normalized spacial score (nSPS) is 10.7. The van der Waals surface area contributed by atoms with Crippen molar-refractivity contribution in [2.45, 2.75) is 4.34 Å². The molecule has 27 heavy (non-hydrogen) atoms. The molecule has 0 atom stereocenters. The van der Waals surface area contributed by atoms with Gasteiger partial charge in [-0.3, -0.25) is 14.9 Å². The summed E-state index contributed by atoms with van der Waals surface area (Å²) < 4.78 is 0.612. The first kappa shape index (κ1) is 18.8. The van der Waals surface area contributed by atoms with E-state index in [1.165, 1.54) is 29.2 Å². The quantitative estimate of drug-likeness (QED) is 0.359. The van der Waals surface area contributed by atoms with Crippen LogP contribution in [0.2, 0.25) is 0 Å². The smallest absolute Gasteiger partial charge is 0.250 e. The van der Waals surface area contributed by atoms with Crippen LogP contribution < -0.4 is 10.6 Å². The van der Waals surface area contributed by atoms with Crippen LogP contribution in [0.4, 0.5) is 10.8 Å². The van der Waals surface area contributed by atoms with Crippen molar-refractivity contribution >= 4 is 51.8 Å². The van der Waals surface area contributed by atoms with E-state index < -0.39 is 0 Å². The zero-order valence-corrected chi connectivity index (χ0v) is 15.8. The van der Waals surface area contributed by atoms with Crippen LogP contribution >= 0.6 is 23.1 Å². The van der Waals surface area contributed by atoms with Crippen LogP contribution in [0.3, 0.4) is 0 Å². The monoisotopic (exact) mass is 396 g/mol. The van der Waals surface area contributed by atoms with E-state index in [2.05, 4.69) is 20.8 Å². The van der Waals surface area contributed by atoms with E-state index in [1.807, 2.05) is 60.7 Å². The number of nitrogens with one attached hydrogen (secondary N) is 2. The fraction of sp³-hybridized carbons (Fsp3) is 0.0526. The van der Waals surface area contributed by atoms with Crippen molar-refractivity contribution in [3.63, 3.8) is 0 Å². The molecule has 0 aliphatic carbocycles. The highest BCUT2D eigenvalue weighted by Crippen LogP contribution is 2.25. The molecule has 3 aromatic rings. The highest BCUT2D eigenvalue weighted by Gasteiger charge is 2.09. The maximum absolute atomic E-state index is 11.9. The number of hydrogen-bond donors (Lipinski definition) is 2. The molecule has 3 rings (SSSR count). The largest absolute Gasteiger partial charge is 0.325 e. The molecule has 0 spiro atoms. The maximum atomic E-state index is 11.9. The van der Waals surface area contributed by atoms with E-state index in [-0.39, 0.29) is 17.6 Å². The van der Waals surface area contributed by atoms with Gasteiger partial charge in [0, 0.05) is 11.8 Å². The molecule has 2 aromatic carbocycles. The number of para-hydroxylation sites is 1. The Morgan fingerprint density at radius 3 is 2.41 bits per heavy atom. The van der Waals surface area contributed by atoms with Gasteiger partial charge < -0.3 is 5.32 Å². The van der Waals surface area contributed by atoms with Crippen LogP contribution in [0.15, 0.2) is 71.1 Å². The van der Waals surface area contributed by atoms with Gasteiger partial charge in [-0.2, -0.15) is 0 Å². The molecule has 136 valence electrons. The van der Waals surface area contributed by atoms with Gasteiger partial charge in [0.15, 0.2) is 4.34 Å². The molecular weight excluding hydrogens is 380 g/mol. The van der Waals surface area contributed by atoms with Crippen LogP contribution in [0.5, 0.6) is 0 Å². The molecular formula is C19H16N4O2S2. The van der Waals surface area contributed by atoms with Crippen LogP contribution in [-0.4, -0.2) is 27.8 Å². The van der Waals surface area contributed by atoms with Crippen LogP contribution in [0, 0.1) is 0 Å². The number of carbonyl (C=O) groups is 2. The third-order valence-corrected chi connectivity index (χ3v) is 5.22. The Morgan fingerprint density at radius 2 is 1.67 bits per heavy atom. The number of aromatic nitrogens is 2. The number of anilines is 2. The van der Waals surface area contributed by atoms with Gasteiger partial charge in [0.25, 0.3) is 0 Å². The second kappa shape index (κ2) is 9.65. The van der Waals surface area contributed by atoms with Crippen molar-refractivity contribution < 1.29 is 9.59 Å². The molecule has 0 saturated heterocycles. The van der Waals surface area contributed by atoms with Crippen LogP contribution in [0.1, 0.15) is 5.56 Å². The number of hydrogen-bond acceptors (Lipinski definition) is 6. The summed E-state index contributed by atoms with van der Waals surface area (Å²) in [6.45, 7) is 0. The highest BCUT2D eigenvalue weighted by atomic mass is 32.2. The summed E-state index contributed by atoms with van der Waals surface area (Å²) in [6.07, 6.45) is 3.16. The van der Waals surface area contributed by atoms with Gasteiger partial charge in [0.2, 0.25) is 16.9 Å². The lowest BCUT2D eigenvalue weighted by Crippen LogP contribution is -2.13. The summed E-state index contributed by atoms with van der Waals surface area (Å²) in [5, 5.41) is 13.8. The van der Waals surface area contributed by atoms with Crippen molar-refractivity contribution in [2.75, 3.05) is 16.4 Å². The molecule has 6 nitrogen and oxygen atoms in total. The Kier molecular flexibility index (Phi) is 6.72. The first-order valence-electron chi connectivity index (χ1n) is 8.04. The molecule has 0 bridgehead atoms. The molecule has 0 fully saturated rings. The summed E-state index contributed by atoms with van der Waals surface area (Å²) in [4.78, 5) is 23.9. The lowest BCUT2D eigenvalue weighted by molar-refractivity contribution is -0.114. The number of nitrogens with zero attached hydrogens (tertiary/aromatic N) is 2. The predicted octanol–water partition coefficient (Wildman–Crippen LogP) is 3.92. The molecule has 1 heterocycles. The first-order valence-corrected chi connectivity index (χ1v) is 9.84. The molecule has 1 aromatic heterocycles. The molecule has 0 aliphatic rings. The van der Waals surface area contributed by atoms with Crippen molar-refractivity contribution in [1.29, 1.82) is 0 Å². The summed E-state index contributed by atoms with van der Waals surface area (Å²) in [5.74, 6) is -0.197. The number of thioether (sulfide) groups is 1. The summed E-state index contributed by atoms with van der Waals surface area (Å²) in [7, 11) is 0. The Bertz CT molecular complexity index is 927. The van der Waals surface area contributed by atoms with E-state index >= 15 is 0 Å². The molecule has 0 unspecified atom stereocenters. The molecule has 2 N–H and O–H groups in total. The summed E-state index contributed by atoms with van der Waals surface area (Å²) in [5.41, 5.74) is 1.68. The van der Waals surface area contributed by atoms with Gasteiger partial charge >= 0.3 is 0 Å². The van der Waals surface area contributed by atoms with E-state index in [4.69, 9.17) is 0 Å². The highest BCUT2D eigenvalue weighted by molar-refractivity contribution is 8.01. The molecule has 0 radical (unpaired) electrons. The molecule has 8 heteroatoms. The zero-order valence-electron chi connectivity index (χ0n) is 14.2. The third kappa shape index (κ3) is 6.36. The van der Waals surface area contributed by atoms with E-state index in [0.717, 1.165) is 11.3 Å². The van der Waals surface area contributed by atoms with Gasteiger partial charge in [0.05, 0.1) is 5.75 Å². The number of amides is 2. The van der Waals surface area contributed by atoms with Gasteiger partial charge in [0.1, 0.15) is 0 Å². The topological polar surface area (TPSA) is 84.0 Å². The molecule has 0 aliphatic heterocycles. The van der Waals surface area contributed by atoms with Crippen molar-refractivity contribution in [2.24, 2.45) is 0 Å². The third-order valence-electron chi connectivity index (χ3n) is 3.25. The second-order valence-corrected chi connectivity index (χ2v) is 7.51.